The molecule has 1 atom stereocenters. The number of carboxylic acids is 1. The molecule has 0 saturated carbocycles. The Morgan fingerprint density at radius 3 is 3.07 bits per heavy atom. The maximum Gasteiger partial charge on any atom is 0.321 e. The minimum atomic E-state index is -0.976. The van der Waals surface area contributed by atoms with Gasteiger partial charge in [0.25, 0.3) is 0 Å². The minimum absolute atomic E-state index is 0.377. The number of carboxylic acid groups (broad SMARTS) is 1. The van der Waals surface area contributed by atoms with Crippen LogP contribution in [0.15, 0.2) is 6.33 Å². The smallest absolute Gasteiger partial charge is 0.321 e. The van der Waals surface area contributed by atoms with E-state index in [1.165, 1.54) is 11.8 Å². The summed E-state index contributed by atoms with van der Waals surface area (Å²) in [5.41, 5.74) is 5.33. The van der Waals surface area contributed by atoms with Crippen molar-refractivity contribution in [2.24, 2.45) is 12.8 Å². The summed E-state index contributed by atoms with van der Waals surface area (Å²) < 4.78 is 1.79. The molecule has 1 aromatic heterocycles. The first kappa shape index (κ1) is 11.0. The third-order valence-electron chi connectivity index (χ3n) is 1.65. The normalized spacial score (nSPS) is 12.7. The van der Waals surface area contributed by atoms with Crippen LogP contribution in [0.3, 0.4) is 0 Å². The van der Waals surface area contributed by atoms with Gasteiger partial charge in [-0.25, -0.2) is 0 Å². The summed E-state index contributed by atoms with van der Waals surface area (Å²) >= 11 is 1.43. The Kier molecular flexibility index (Phi) is 3.90. The largest absolute Gasteiger partial charge is 0.480 e. The van der Waals surface area contributed by atoms with Gasteiger partial charge in [-0.2, -0.15) is 11.8 Å². The van der Waals surface area contributed by atoms with Crippen molar-refractivity contribution in [2.45, 2.75) is 11.8 Å². The maximum absolute atomic E-state index is 10.4. The van der Waals surface area contributed by atoms with Gasteiger partial charge in [0.2, 0.25) is 0 Å². The van der Waals surface area contributed by atoms with Crippen LogP contribution >= 0.6 is 11.8 Å². The van der Waals surface area contributed by atoms with Crippen molar-refractivity contribution in [3.63, 3.8) is 0 Å². The van der Waals surface area contributed by atoms with Gasteiger partial charge in [0.1, 0.15) is 18.2 Å². The van der Waals surface area contributed by atoms with Crippen molar-refractivity contribution < 1.29 is 9.90 Å². The lowest BCUT2D eigenvalue weighted by Gasteiger charge is -2.04. The molecule has 1 unspecified atom stereocenters. The average Bonchev–Trinajstić information content (AvgIpc) is 2.51. The van der Waals surface area contributed by atoms with Gasteiger partial charge in [-0.1, -0.05) is 0 Å². The summed E-state index contributed by atoms with van der Waals surface area (Å²) in [6.45, 7) is 0. The Bertz CT molecular complexity index is 314. The second-order valence-electron chi connectivity index (χ2n) is 2.82. The van der Waals surface area contributed by atoms with E-state index in [0.717, 1.165) is 5.82 Å². The molecule has 1 heterocycles. The summed E-state index contributed by atoms with van der Waals surface area (Å²) in [5, 5.41) is 16.1. The van der Waals surface area contributed by atoms with E-state index in [1.807, 2.05) is 7.05 Å². The number of aromatic nitrogens is 3. The van der Waals surface area contributed by atoms with E-state index in [4.69, 9.17) is 10.8 Å². The number of rotatable bonds is 5. The van der Waals surface area contributed by atoms with Crippen molar-refractivity contribution in [1.82, 2.24) is 14.8 Å². The number of carbonyl (C=O) groups is 1. The molecule has 7 heteroatoms. The van der Waals surface area contributed by atoms with Crippen molar-refractivity contribution in [1.29, 1.82) is 0 Å². The molecule has 78 valence electrons. The van der Waals surface area contributed by atoms with Gasteiger partial charge >= 0.3 is 5.97 Å². The van der Waals surface area contributed by atoms with E-state index in [0.29, 0.717) is 11.5 Å². The molecule has 0 aromatic carbocycles. The van der Waals surface area contributed by atoms with E-state index >= 15 is 0 Å². The monoisotopic (exact) mass is 216 g/mol. The second kappa shape index (κ2) is 4.97. The molecule has 0 amide bonds. The van der Waals surface area contributed by atoms with Gasteiger partial charge < -0.3 is 15.4 Å². The van der Waals surface area contributed by atoms with Crippen LogP contribution in [0.4, 0.5) is 0 Å². The fraction of sp³-hybridized carbons (Fsp3) is 0.571. The molecule has 0 bridgehead atoms. The lowest BCUT2D eigenvalue weighted by Crippen LogP contribution is -2.32. The third-order valence-corrected chi connectivity index (χ3v) is 2.71. The van der Waals surface area contributed by atoms with Gasteiger partial charge in [-0.15, -0.1) is 10.2 Å². The van der Waals surface area contributed by atoms with Crippen LogP contribution in [0.1, 0.15) is 5.82 Å². The molecule has 0 spiro atoms. The molecule has 3 N–H and O–H groups in total. The van der Waals surface area contributed by atoms with Crippen LogP contribution in [0.5, 0.6) is 0 Å². The Morgan fingerprint density at radius 1 is 1.86 bits per heavy atom. The predicted molar refractivity (Wildman–Crippen MR) is 52.8 cm³/mol. The summed E-state index contributed by atoms with van der Waals surface area (Å²) in [6, 6.07) is -0.812. The zero-order valence-corrected chi connectivity index (χ0v) is 8.57. The number of nitrogens with zero attached hydrogens (tertiary/aromatic N) is 3. The summed E-state index contributed by atoms with van der Waals surface area (Å²) in [7, 11) is 1.84. The number of hydrogen-bond acceptors (Lipinski definition) is 5. The minimum Gasteiger partial charge on any atom is -0.480 e. The van der Waals surface area contributed by atoms with E-state index < -0.39 is 12.0 Å². The average molecular weight is 216 g/mol. The van der Waals surface area contributed by atoms with E-state index in [1.54, 1.807) is 10.9 Å². The fourth-order valence-corrected chi connectivity index (χ4v) is 1.74. The van der Waals surface area contributed by atoms with Crippen LogP contribution in [0.2, 0.25) is 0 Å². The fourth-order valence-electron chi connectivity index (χ4n) is 0.786. The van der Waals surface area contributed by atoms with Crippen LogP contribution < -0.4 is 5.73 Å². The van der Waals surface area contributed by atoms with Crippen LogP contribution in [0, 0.1) is 0 Å². The zero-order chi connectivity index (χ0) is 10.6. The van der Waals surface area contributed by atoms with E-state index in [-0.39, 0.29) is 0 Å². The highest BCUT2D eigenvalue weighted by Crippen LogP contribution is 2.09. The molecular weight excluding hydrogens is 204 g/mol. The molecule has 0 radical (unpaired) electrons. The molecule has 14 heavy (non-hydrogen) atoms. The van der Waals surface area contributed by atoms with Crippen molar-refractivity contribution >= 4 is 17.7 Å². The number of nitrogens with two attached hydrogens (primary N) is 1. The molecule has 0 saturated heterocycles. The third kappa shape index (κ3) is 3.00. The molecule has 0 aliphatic rings. The molecule has 0 aliphatic carbocycles. The van der Waals surface area contributed by atoms with Crippen molar-refractivity contribution in [2.75, 3.05) is 5.75 Å². The first-order valence-electron chi connectivity index (χ1n) is 4.00. The summed E-state index contributed by atoms with van der Waals surface area (Å²) in [6.07, 6.45) is 1.60. The Morgan fingerprint density at radius 2 is 2.57 bits per heavy atom. The van der Waals surface area contributed by atoms with Crippen molar-refractivity contribution in [3.8, 4) is 0 Å². The Labute approximate surface area is 85.5 Å². The van der Waals surface area contributed by atoms with Crippen molar-refractivity contribution in [3.05, 3.63) is 12.2 Å². The highest BCUT2D eigenvalue weighted by Gasteiger charge is 2.11. The number of thioether (sulfide) groups is 1. The highest BCUT2D eigenvalue weighted by molar-refractivity contribution is 7.98. The molecule has 0 aliphatic heterocycles. The summed E-state index contributed by atoms with van der Waals surface area (Å²) in [5.74, 6) is 0.836. The van der Waals surface area contributed by atoms with Crippen LogP contribution in [-0.2, 0) is 17.6 Å². The molecule has 1 aromatic rings. The molecule has 0 fully saturated rings. The zero-order valence-electron chi connectivity index (χ0n) is 7.75. The van der Waals surface area contributed by atoms with Gasteiger partial charge in [0.05, 0.1) is 5.75 Å². The molecular formula is C7H12N4O2S. The Balaban J connectivity index is 2.29. The topological polar surface area (TPSA) is 94.0 Å². The standard InChI is InChI=1S/C7H12N4O2S/c1-11-4-9-10-6(11)3-14-2-5(8)7(12)13/h4-5H,2-3,8H2,1H3,(H,12,13). The SMILES string of the molecule is Cn1cnnc1CSCC(N)C(=O)O. The molecule has 1 rings (SSSR count). The Hall–Kier alpha value is -1.08. The molecule has 6 nitrogen and oxygen atoms in total. The van der Waals surface area contributed by atoms with E-state index in [2.05, 4.69) is 10.2 Å². The summed E-state index contributed by atoms with van der Waals surface area (Å²) in [4.78, 5) is 10.4. The van der Waals surface area contributed by atoms with Gasteiger partial charge in [-0.05, 0) is 0 Å². The lowest BCUT2D eigenvalue weighted by atomic mass is 10.4. The quantitative estimate of drug-likeness (QED) is 0.686. The first-order valence-corrected chi connectivity index (χ1v) is 5.15. The number of aryl methyl sites for hydroxylation is 1. The second-order valence-corrected chi connectivity index (χ2v) is 3.85. The van der Waals surface area contributed by atoms with Gasteiger partial charge in [0.15, 0.2) is 0 Å². The maximum atomic E-state index is 10.4. The van der Waals surface area contributed by atoms with E-state index in [9.17, 15) is 4.79 Å². The highest BCUT2D eigenvalue weighted by atomic mass is 32.2. The van der Waals surface area contributed by atoms with Crippen LogP contribution in [-0.4, -0.2) is 37.6 Å². The van der Waals surface area contributed by atoms with Gasteiger partial charge in [-0.3, -0.25) is 4.79 Å². The van der Waals surface area contributed by atoms with Crippen LogP contribution in [0.25, 0.3) is 0 Å². The first-order chi connectivity index (χ1) is 6.61. The number of hydrogen-bond donors (Lipinski definition) is 2. The predicted octanol–water partition coefficient (Wildman–Crippen LogP) is -0.540. The van der Waals surface area contributed by atoms with Gasteiger partial charge in [0, 0.05) is 12.8 Å². The number of aliphatic carboxylic acids is 1. The lowest BCUT2D eigenvalue weighted by molar-refractivity contribution is -0.137.